The van der Waals surface area contributed by atoms with Crippen LogP contribution in [0.25, 0.3) is 0 Å². The number of carbonyl (C=O) groups is 3. The number of hydrogen-bond acceptors (Lipinski definition) is 4. The van der Waals surface area contributed by atoms with Gasteiger partial charge in [-0.15, -0.1) is 0 Å². The minimum atomic E-state index is -1.06. The van der Waals surface area contributed by atoms with E-state index in [2.05, 4.69) is 0 Å². The topological polar surface area (TPSA) is 98.2 Å². The number of likely N-dealkylation sites (N-methyl/N-ethyl adjacent to an activating group) is 1. The van der Waals surface area contributed by atoms with Gasteiger partial charge < -0.3 is 20.0 Å². The molecule has 0 saturated heterocycles. The molecule has 7 nitrogen and oxygen atoms in total. The van der Waals surface area contributed by atoms with E-state index in [-0.39, 0.29) is 24.4 Å². The summed E-state index contributed by atoms with van der Waals surface area (Å²) in [6.45, 7) is 0.659. The number of hydrogen-bond donors (Lipinski definition) is 2. The van der Waals surface area contributed by atoms with Gasteiger partial charge in [-0.25, -0.2) is 4.79 Å². The minimum absolute atomic E-state index is 0.138. The molecule has 0 spiro atoms. The predicted octanol–water partition coefficient (Wildman–Crippen LogP) is 2.25. The van der Waals surface area contributed by atoms with Crippen molar-refractivity contribution in [1.29, 1.82) is 0 Å². The van der Waals surface area contributed by atoms with Crippen molar-refractivity contribution in [3.05, 3.63) is 65.2 Å². The molecule has 1 aliphatic rings. The van der Waals surface area contributed by atoms with Gasteiger partial charge in [-0.3, -0.25) is 9.59 Å². The van der Waals surface area contributed by atoms with Gasteiger partial charge >= 0.3 is 11.9 Å². The number of aromatic carboxylic acids is 1. The molecule has 146 valence electrons. The molecule has 0 fully saturated rings. The molecule has 1 unspecified atom stereocenters. The average molecular weight is 382 g/mol. The maximum absolute atomic E-state index is 13.1. The molecule has 2 aromatic rings. The number of rotatable bonds is 6. The molecule has 1 amide bonds. The zero-order chi connectivity index (χ0) is 20.3. The zero-order valence-corrected chi connectivity index (χ0v) is 15.5. The quantitative estimate of drug-likeness (QED) is 0.795. The Hall–Kier alpha value is -3.35. The van der Waals surface area contributed by atoms with Gasteiger partial charge in [-0.05, 0) is 35.7 Å². The number of anilines is 1. The third kappa shape index (κ3) is 4.14. The summed E-state index contributed by atoms with van der Waals surface area (Å²) >= 11 is 0. The second kappa shape index (κ2) is 8.12. The van der Waals surface area contributed by atoms with Crippen molar-refractivity contribution in [2.24, 2.45) is 0 Å². The third-order valence-electron chi connectivity index (χ3n) is 5.01. The van der Waals surface area contributed by atoms with Crippen LogP contribution in [0.2, 0.25) is 0 Å². The number of nitrogens with zero attached hydrogens (tertiary/aromatic N) is 2. The third-order valence-corrected chi connectivity index (χ3v) is 5.01. The van der Waals surface area contributed by atoms with E-state index in [1.54, 1.807) is 29.0 Å². The van der Waals surface area contributed by atoms with Crippen LogP contribution in [0.15, 0.2) is 48.5 Å². The molecule has 1 aliphatic heterocycles. The molecule has 2 N–H and O–H groups in total. The Morgan fingerprint density at radius 2 is 1.82 bits per heavy atom. The first-order chi connectivity index (χ1) is 13.4. The summed E-state index contributed by atoms with van der Waals surface area (Å²) < 4.78 is 0. The summed E-state index contributed by atoms with van der Waals surface area (Å²) in [5.41, 5.74) is 2.57. The fraction of sp³-hybridized carbons (Fsp3) is 0.286. The average Bonchev–Trinajstić information content (AvgIpc) is 2.77. The molecule has 0 bridgehead atoms. The van der Waals surface area contributed by atoms with Gasteiger partial charge in [-0.1, -0.05) is 30.3 Å². The van der Waals surface area contributed by atoms with E-state index in [0.717, 1.165) is 5.56 Å². The number of carbonyl (C=O) groups excluding carboxylic acids is 1. The molecule has 0 saturated carbocycles. The van der Waals surface area contributed by atoms with E-state index in [0.29, 0.717) is 24.2 Å². The Morgan fingerprint density at radius 1 is 1.11 bits per heavy atom. The van der Waals surface area contributed by atoms with E-state index in [1.165, 1.54) is 6.07 Å². The van der Waals surface area contributed by atoms with Crippen molar-refractivity contribution in [1.82, 2.24) is 4.90 Å². The monoisotopic (exact) mass is 382 g/mol. The van der Waals surface area contributed by atoms with Crippen LogP contribution in [0, 0.1) is 0 Å². The van der Waals surface area contributed by atoms with Crippen LogP contribution in [0.3, 0.4) is 0 Å². The van der Waals surface area contributed by atoms with Gasteiger partial charge in [0, 0.05) is 25.8 Å². The standard InChI is InChI=1S/C21H22N2O5/c1-22-17-8-7-15(21(27)28)11-16(17)13-23(20(26)18(22)12-19(24)25)10-9-14-5-3-2-4-6-14/h2-8,11,18H,9-10,12-13H2,1H3,(H,24,25)(H,27,28). The first-order valence-corrected chi connectivity index (χ1v) is 9.00. The molecular weight excluding hydrogens is 360 g/mol. The van der Waals surface area contributed by atoms with Crippen molar-refractivity contribution in [2.75, 3.05) is 18.5 Å². The first-order valence-electron chi connectivity index (χ1n) is 9.00. The molecular formula is C21H22N2O5. The second-order valence-electron chi connectivity index (χ2n) is 6.87. The zero-order valence-electron chi connectivity index (χ0n) is 15.5. The van der Waals surface area contributed by atoms with Crippen LogP contribution in [0.1, 0.15) is 27.9 Å². The van der Waals surface area contributed by atoms with Crippen molar-refractivity contribution >= 4 is 23.5 Å². The molecule has 7 heteroatoms. The Bertz CT molecular complexity index is 897. The van der Waals surface area contributed by atoms with Gasteiger partial charge in [0.2, 0.25) is 5.91 Å². The van der Waals surface area contributed by atoms with E-state index in [4.69, 9.17) is 0 Å². The normalized spacial score (nSPS) is 16.5. The number of benzene rings is 2. The van der Waals surface area contributed by atoms with Crippen LogP contribution >= 0.6 is 0 Å². The Labute approximate surface area is 162 Å². The number of carboxylic acid groups (broad SMARTS) is 2. The summed E-state index contributed by atoms with van der Waals surface area (Å²) in [5.74, 6) is -2.37. The molecule has 0 aliphatic carbocycles. The summed E-state index contributed by atoms with van der Waals surface area (Å²) in [6, 6.07) is 13.5. The minimum Gasteiger partial charge on any atom is -0.481 e. The van der Waals surface area contributed by atoms with E-state index in [1.807, 2.05) is 30.3 Å². The summed E-state index contributed by atoms with van der Waals surface area (Å²) in [5, 5.41) is 18.6. The lowest BCUT2D eigenvalue weighted by atomic mass is 10.1. The largest absolute Gasteiger partial charge is 0.481 e. The maximum atomic E-state index is 13.1. The highest BCUT2D eigenvalue weighted by molar-refractivity contribution is 5.92. The second-order valence-corrected chi connectivity index (χ2v) is 6.87. The van der Waals surface area contributed by atoms with Crippen LogP contribution < -0.4 is 4.90 Å². The molecule has 2 aromatic carbocycles. The maximum Gasteiger partial charge on any atom is 0.335 e. The van der Waals surface area contributed by atoms with Crippen LogP contribution in [0.4, 0.5) is 5.69 Å². The number of amides is 1. The van der Waals surface area contributed by atoms with E-state index in [9.17, 15) is 24.6 Å². The SMILES string of the molecule is CN1c2ccc(C(=O)O)cc2CN(CCc2ccccc2)C(=O)C1CC(=O)O. The lowest BCUT2D eigenvalue weighted by molar-refractivity contribution is -0.142. The summed E-state index contributed by atoms with van der Waals surface area (Å²) in [7, 11) is 1.67. The molecule has 3 rings (SSSR count). The van der Waals surface area contributed by atoms with E-state index < -0.39 is 18.0 Å². The van der Waals surface area contributed by atoms with Crippen molar-refractivity contribution in [2.45, 2.75) is 25.4 Å². The fourth-order valence-electron chi connectivity index (χ4n) is 3.50. The van der Waals surface area contributed by atoms with Crippen LogP contribution in [0.5, 0.6) is 0 Å². The smallest absolute Gasteiger partial charge is 0.335 e. The lowest BCUT2D eigenvalue weighted by Crippen LogP contribution is -2.46. The van der Waals surface area contributed by atoms with E-state index >= 15 is 0 Å². The highest BCUT2D eigenvalue weighted by Crippen LogP contribution is 2.29. The number of aliphatic carboxylic acids is 1. The van der Waals surface area contributed by atoms with Crippen molar-refractivity contribution in [3.8, 4) is 0 Å². The lowest BCUT2D eigenvalue weighted by Gasteiger charge is -2.29. The van der Waals surface area contributed by atoms with Crippen molar-refractivity contribution in [3.63, 3.8) is 0 Å². The molecule has 1 heterocycles. The number of fused-ring (bicyclic) bond motifs is 1. The van der Waals surface area contributed by atoms with Gasteiger partial charge in [0.15, 0.2) is 0 Å². The summed E-state index contributed by atoms with van der Waals surface area (Å²) in [6.07, 6.45) is 0.307. The Kier molecular flexibility index (Phi) is 5.63. The Morgan fingerprint density at radius 3 is 2.46 bits per heavy atom. The molecule has 0 radical (unpaired) electrons. The highest BCUT2D eigenvalue weighted by Gasteiger charge is 2.34. The predicted molar refractivity (Wildman–Crippen MR) is 103 cm³/mol. The number of carboxylic acids is 2. The molecule has 28 heavy (non-hydrogen) atoms. The molecule has 1 atom stereocenters. The molecule has 0 aromatic heterocycles. The first kappa shape index (κ1) is 19.4. The highest BCUT2D eigenvalue weighted by atomic mass is 16.4. The fourth-order valence-corrected chi connectivity index (χ4v) is 3.50. The van der Waals surface area contributed by atoms with Crippen molar-refractivity contribution < 1.29 is 24.6 Å². The Balaban J connectivity index is 1.94. The van der Waals surface area contributed by atoms with Crippen LogP contribution in [-0.2, 0) is 22.6 Å². The van der Waals surface area contributed by atoms with Crippen LogP contribution in [-0.4, -0.2) is 52.6 Å². The van der Waals surface area contributed by atoms with Gasteiger partial charge in [0.05, 0.1) is 12.0 Å². The summed E-state index contributed by atoms with van der Waals surface area (Å²) in [4.78, 5) is 39.0. The van der Waals surface area contributed by atoms with Gasteiger partial charge in [0.25, 0.3) is 0 Å². The van der Waals surface area contributed by atoms with Gasteiger partial charge in [-0.2, -0.15) is 0 Å². The van der Waals surface area contributed by atoms with Gasteiger partial charge in [0.1, 0.15) is 6.04 Å².